The van der Waals surface area contributed by atoms with Crippen LogP contribution in [0.25, 0.3) is 0 Å². The van der Waals surface area contributed by atoms with Gasteiger partial charge >= 0.3 is 6.18 Å². The maximum Gasteiger partial charge on any atom is 0.418 e. The first-order chi connectivity index (χ1) is 12.8. The average molecular weight is 373 g/mol. The SMILES string of the molecule is Cc1ccc(Nc2ncnc(Nc3ccccc3C(F)(F)F)c2N)cc1C. The lowest BCUT2D eigenvalue weighted by Gasteiger charge is -2.16. The molecule has 0 aliphatic heterocycles. The highest BCUT2D eigenvalue weighted by molar-refractivity contribution is 5.81. The van der Waals surface area contributed by atoms with Crippen molar-refractivity contribution in [3.63, 3.8) is 0 Å². The predicted molar refractivity (Wildman–Crippen MR) is 100 cm³/mol. The molecule has 0 spiro atoms. The van der Waals surface area contributed by atoms with Gasteiger partial charge in [0.05, 0.1) is 11.3 Å². The van der Waals surface area contributed by atoms with Gasteiger partial charge in [-0.1, -0.05) is 18.2 Å². The lowest BCUT2D eigenvalue weighted by atomic mass is 10.1. The minimum absolute atomic E-state index is 0.0908. The van der Waals surface area contributed by atoms with E-state index in [9.17, 15) is 13.2 Å². The van der Waals surface area contributed by atoms with Gasteiger partial charge in [0, 0.05) is 5.69 Å². The highest BCUT2D eigenvalue weighted by Gasteiger charge is 2.33. The zero-order chi connectivity index (χ0) is 19.6. The van der Waals surface area contributed by atoms with Crippen molar-refractivity contribution in [3.8, 4) is 0 Å². The molecule has 0 radical (unpaired) electrons. The number of halogens is 3. The molecule has 0 amide bonds. The van der Waals surface area contributed by atoms with Gasteiger partial charge in [-0.2, -0.15) is 13.2 Å². The molecule has 0 saturated heterocycles. The van der Waals surface area contributed by atoms with Gasteiger partial charge in [-0.3, -0.25) is 0 Å². The third-order valence-electron chi connectivity index (χ3n) is 4.14. The number of alkyl halides is 3. The monoisotopic (exact) mass is 373 g/mol. The standard InChI is InChI=1S/C19H18F3N5/c1-11-7-8-13(9-12(11)2)26-17-16(23)18(25-10-24-17)27-15-6-4-3-5-14(15)19(20,21)22/h3-10H,23H2,1-2H3,(H2,24,25,26,27). The molecule has 1 aromatic heterocycles. The topological polar surface area (TPSA) is 75.9 Å². The van der Waals surface area contributed by atoms with E-state index < -0.39 is 11.7 Å². The van der Waals surface area contributed by atoms with E-state index in [2.05, 4.69) is 20.6 Å². The van der Waals surface area contributed by atoms with E-state index in [4.69, 9.17) is 5.73 Å². The highest BCUT2D eigenvalue weighted by atomic mass is 19.4. The van der Waals surface area contributed by atoms with Gasteiger partial charge in [0.1, 0.15) is 12.0 Å². The van der Waals surface area contributed by atoms with Gasteiger partial charge in [0.15, 0.2) is 11.6 Å². The van der Waals surface area contributed by atoms with E-state index >= 15 is 0 Å². The third kappa shape index (κ3) is 4.11. The molecule has 8 heteroatoms. The van der Waals surface area contributed by atoms with Crippen LogP contribution in [-0.4, -0.2) is 9.97 Å². The summed E-state index contributed by atoms with van der Waals surface area (Å²) in [6.07, 6.45) is -3.26. The molecular weight excluding hydrogens is 355 g/mol. The van der Waals surface area contributed by atoms with Gasteiger partial charge in [0.2, 0.25) is 0 Å². The number of nitrogen functional groups attached to an aromatic ring is 1. The molecule has 0 saturated carbocycles. The van der Waals surface area contributed by atoms with Crippen molar-refractivity contribution in [2.45, 2.75) is 20.0 Å². The maximum atomic E-state index is 13.2. The second-order valence-corrected chi connectivity index (χ2v) is 6.08. The normalized spacial score (nSPS) is 11.3. The number of benzene rings is 2. The van der Waals surface area contributed by atoms with Gasteiger partial charge in [-0.05, 0) is 49.2 Å². The van der Waals surface area contributed by atoms with E-state index in [0.29, 0.717) is 5.82 Å². The Morgan fingerprint density at radius 2 is 1.56 bits per heavy atom. The number of aromatic nitrogens is 2. The summed E-state index contributed by atoms with van der Waals surface area (Å²) in [5, 5.41) is 5.73. The van der Waals surface area contributed by atoms with Crippen molar-refractivity contribution in [1.29, 1.82) is 0 Å². The molecule has 0 bridgehead atoms. The fraction of sp³-hybridized carbons (Fsp3) is 0.158. The number of rotatable bonds is 4. The van der Waals surface area contributed by atoms with Gasteiger partial charge in [-0.15, -0.1) is 0 Å². The second kappa shape index (κ2) is 7.14. The second-order valence-electron chi connectivity index (χ2n) is 6.08. The number of hydrogen-bond acceptors (Lipinski definition) is 5. The van der Waals surface area contributed by atoms with E-state index in [0.717, 1.165) is 22.9 Å². The maximum absolute atomic E-state index is 13.2. The van der Waals surface area contributed by atoms with E-state index in [1.54, 1.807) is 0 Å². The lowest BCUT2D eigenvalue weighted by molar-refractivity contribution is -0.136. The Kier molecular flexibility index (Phi) is 4.89. The molecule has 3 rings (SSSR count). The summed E-state index contributed by atoms with van der Waals surface area (Å²) in [6.45, 7) is 3.98. The minimum Gasteiger partial charge on any atom is -0.393 e. The molecule has 1 heterocycles. The fourth-order valence-electron chi connectivity index (χ4n) is 2.52. The van der Waals surface area contributed by atoms with Crippen LogP contribution < -0.4 is 16.4 Å². The number of anilines is 5. The van der Waals surface area contributed by atoms with Crippen LogP contribution in [0.5, 0.6) is 0 Å². The smallest absolute Gasteiger partial charge is 0.393 e. The van der Waals surface area contributed by atoms with Crippen LogP contribution >= 0.6 is 0 Å². The number of nitrogens with two attached hydrogens (primary N) is 1. The molecule has 140 valence electrons. The Balaban J connectivity index is 1.91. The summed E-state index contributed by atoms with van der Waals surface area (Å²) in [5.74, 6) is 0.397. The van der Waals surface area contributed by atoms with Crippen LogP contribution in [0.4, 0.5) is 41.9 Å². The average Bonchev–Trinajstić information content (AvgIpc) is 2.61. The molecule has 0 unspecified atom stereocenters. The number of nitrogens with zero attached hydrogens (tertiary/aromatic N) is 2. The van der Waals surface area contributed by atoms with Crippen LogP contribution in [-0.2, 0) is 6.18 Å². The molecule has 3 aromatic rings. The number of para-hydroxylation sites is 1. The molecular formula is C19H18F3N5. The molecule has 0 atom stereocenters. The Morgan fingerprint density at radius 1 is 0.889 bits per heavy atom. The molecule has 27 heavy (non-hydrogen) atoms. The van der Waals surface area contributed by atoms with Crippen molar-refractivity contribution in [2.75, 3.05) is 16.4 Å². The van der Waals surface area contributed by atoms with E-state index in [-0.39, 0.29) is 17.2 Å². The van der Waals surface area contributed by atoms with Crippen LogP contribution in [0.1, 0.15) is 16.7 Å². The third-order valence-corrected chi connectivity index (χ3v) is 4.14. The van der Waals surface area contributed by atoms with Crippen molar-refractivity contribution >= 4 is 28.7 Å². The van der Waals surface area contributed by atoms with Crippen molar-refractivity contribution in [1.82, 2.24) is 9.97 Å². The summed E-state index contributed by atoms with van der Waals surface area (Å²) < 4.78 is 39.5. The first kappa shape index (κ1) is 18.5. The Hall–Kier alpha value is -3.29. The van der Waals surface area contributed by atoms with Crippen LogP contribution in [0.3, 0.4) is 0 Å². The summed E-state index contributed by atoms with van der Waals surface area (Å²) in [5.41, 5.74) is 8.26. The summed E-state index contributed by atoms with van der Waals surface area (Å²) in [7, 11) is 0. The fourth-order valence-corrected chi connectivity index (χ4v) is 2.52. The molecule has 2 aromatic carbocycles. The first-order valence-corrected chi connectivity index (χ1v) is 8.13. The summed E-state index contributed by atoms with van der Waals surface area (Å²) >= 11 is 0. The van der Waals surface area contributed by atoms with Gasteiger partial charge in [-0.25, -0.2) is 9.97 Å². The van der Waals surface area contributed by atoms with Crippen molar-refractivity contribution in [2.24, 2.45) is 0 Å². The lowest BCUT2D eigenvalue weighted by Crippen LogP contribution is -2.10. The van der Waals surface area contributed by atoms with E-state index in [1.165, 1.54) is 24.5 Å². The first-order valence-electron chi connectivity index (χ1n) is 8.13. The number of hydrogen-bond donors (Lipinski definition) is 3. The predicted octanol–water partition coefficient (Wildman–Crippen LogP) is 5.18. The van der Waals surface area contributed by atoms with Crippen LogP contribution in [0.15, 0.2) is 48.8 Å². The Labute approximate surface area is 154 Å². The van der Waals surface area contributed by atoms with Crippen LogP contribution in [0, 0.1) is 13.8 Å². The van der Waals surface area contributed by atoms with Crippen molar-refractivity contribution < 1.29 is 13.2 Å². The zero-order valence-corrected chi connectivity index (χ0v) is 14.7. The highest BCUT2D eigenvalue weighted by Crippen LogP contribution is 2.37. The quantitative estimate of drug-likeness (QED) is 0.587. The number of nitrogens with one attached hydrogen (secondary N) is 2. The molecule has 5 nitrogen and oxygen atoms in total. The van der Waals surface area contributed by atoms with E-state index in [1.807, 2.05) is 32.0 Å². The molecule has 0 aliphatic carbocycles. The van der Waals surface area contributed by atoms with Gasteiger partial charge < -0.3 is 16.4 Å². The minimum atomic E-state index is -4.49. The summed E-state index contributed by atoms with van der Waals surface area (Å²) in [6, 6.07) is 10.9. The van der Waals surface area contributed by atoms with Crippen molar-refractivity contribution in [3.05, 3.63) is 65.5 Å². The molecule has 4 N–H and O–H groups in total. The Morgan fingerprint density at radius 3 is 2.22 bits per heavy atom. The molecule has 0 fully saturated rings. The van der Waals surface area contributed by atoms with Gasteiger partial charge in [0.25, 0.3) is 0 Å². The zero-order valence-electron chi connectivity index (χ0n) is 14.7. The summed E-state index contributed by atoms with van der Waals surface area (Å²) in [4.78, 5) is 8.07. The Bertz CT molecular complexity index is 970. The van der Waals surface area contributed by atoms with Crippen LogP contribution in [0.2, 0.25) is 0 Å². The molecule has 0 aliphatic rings. The number of aryl methyl sites for hydroxylation is 2. The largest absolute Gasteiger partial charge is 0.418 e.